The van der Waals surface area contributed by atoms with E-state index in [1.54, 1.807) is 31.4 Å². The molecule has 3 aromatic rings. The number of aryl methyl sites for hydroxylation is 1. The van der Waals surface area contributed by atoms with Gasteiger partial charge in [-0.05, 0) is 44.4 Å². The third kappa shape index (κ3) is 2.46. The number of hydrogen-bond acceptors (Lipinski definition) is 6. The highest BCUT2D eigenvalue weighted by Crippen LogP contribution is 2.31. The van der Waals surface area contributed by atoms with Crippen LogP contribution in [0.15, 0.2) is 33.4 Å². The van der Waals surface area contributed by atoms with Gasteiger partial charge in [0.2, 0.25) is 0 Å². The first-order valence-corrected chi connectivity index (χ1v) is 7.87. The third-order valence-electron chi connectivity index (χ3n) is 4.50. The van der Waals surface area contributed by atoms with Crippen molar-refractivity contribution in [2.24, 2.45) is 0 Å². The monoisotopic (exact) mass is 327 g/mol. The van der Waals surface area contributed by atoms with Crippen molar-refractivity contribution in [3.63, 3.8) is 0 Å². The summed E-state index contributed by atoms with van der Waals surface area (Å²) in [6, 6.07) is 5.17. The molecule has 0 spiro atoms. The van der Waals surface area contributed by atoms with Crippen LogP contribution >= 0.6 is 0 Å². The Morgan fingerprint density at radius 1 is 1.46 bits per heavy atom. The number of nitrogens with one attached hydrogen (secondary N) is 1. The number of fused-ring (bicyclic) bond motifs is 1. The number of carbonyl (C=O) groups is 1. The summed E-state index contributed by atoms with van der Waals surface area (Å²) < 4.78 is 10.6. The molecule has 7 heteroatoms. The van der Waals surface area contributed by atoms with Crippen LogP contribution in [0.5, 0.6) is 0 Å². The minimum atomic E-state index is -0.782. The summed E-state index contributed by atoms with van der Waals surface area (Å²) >= 11 is 0. The molecular formula is C17H17N3O4. The van der Waals surface area contributed by atoms with Crippen molar-refractivity contribution < 1.29 is 18.8 Å². The van der Waals surface area contributed by atoms with Gasteiger partial charge in [-0.15, -0.1) is 0 Å². The van der Waals surface area contributed by atoms with E-state index in [0.717, 1.165) is 6.42 Å². The molecule has 0 unspecified atom stereocenters. The zero-order chi connectivity index (χ0) is 16.7. The first kappa shape index (κ1) is 14.9. The zero-order valence-electron chi connectivity index (χ0n) is 13.2. The summed E-state index contributed by atoms with van der Waals surface area (Å²) in [5, 5.41) is 17.4. The molecule has 3 heterocycles. The molecule has 0 atom stereocenters. The second kappa shape index (κ2) is 5.45. The van der Waals surface area contributed by atoms with Gasteiger partial charge in [0.05, 0.1) is 28.5 Å². The fraction of sp³-hybridized carbons (Fsp3) is 0.353. The Balaban J connectivity index is 1.72. The molecule has 3 aromatic heterocycles. The maximum atomic E-state index is 12.7. The van der Waals surface area contributed by atoms with Gasteiger partial charge in [-0.25, -0.2) is 4.98 Å². The van der Waals surface area contributed by atoms with Crippen molar-refractivity contribution in [2.45, 2.75) is 31.8 Å². The molecule has 124 valence electrons. The van der Waals surface area contributed by atoms with Crippen molar-refractivity contribution >= 4 is 17.0 Å². The number of amides is 1. The first-order valence-electron chi connectivity index (χ1n) is 7.87. The molecule has 7 nitrogen and oxygen atoms in total. The van der Waals surface area contributed by atoms with E-state index in [-0.39, 0.29) is 18.2 Å². The predicted octanol–water partition coefficient (Wildman–Crippen LogP) is 2.44. The van der Waals surface area contributed by atoms with Gasteiger partial charge in [-0.3, -0.25) is 4.79 Å². The Morgan fingerprint density at radius 3 is 2.96 bits per heavy atom. The molecular weight excluding hydrogens is 310 g/mol. The number of hydrogen-bond donors (Lipinski definition) is 2. The lowest BCUT2D eigenvalue weighted by Gasteiger charge is -2.36. The Labute approximate surface area is 137 Å². The Kier molecular flexibility index (Phi) is 3.38. The normalized spacial score (nSPS) is 16.1. The van der Waals surface area contributed by atoms with Gasteiger partial charge in [0.15, 0.2) is 5.76 Å². The van der Waals surface area contributed by atoms with Crippen LogP contribution in [0.1, 0.15) is 35.3 Å². The van der Waals surface area contributed by atoms with Crippen molar-refractivity contribution in [3.8, 4) is 11.5 Å². The van der Waals surface area contributed by atoms with Gasteiger partial charge >= 0.3 is 0 Å². The quantitative estimate of drug-likeness (QED) is 0.763. The summed E-state index contributed by atoms with van der Waals surface area (Å²) in [5.41, 5.74) is 1.00. The number of rotatable bonds is 4. The van der Waals surface area contributed by atoms with Crippen LogP contribution in [0.25, 0.3) is 22.6 Å². The van der Waals surface area contributed by atoms with E-state index in [1.807, 2.05) is 0 Å². The first-order chi connectivity index (χ1) is 11.6. The van der Waals surface area contributed by atoms with Crippen molar-refractivity contribution in [3.05, 3.63) is 35.7 Å². The number of aromatic nitrogens is 2. The number of furan rings is 1. The van der Waals surface area contributed by atoms with Crippen LogP contribution in [0.3, 0.4) is 0 Å². The topological polar surface area (TPSA) is 101 Å². The van der Waals surface area contributed by atoms with Crippen molar-refractivity contribution in [1.29, 1.82) is 0 Å². The molecule has 4 rings (SSSR count). The molecule has 1 amide bonds. The molecule has 1 fully saturated rings. The number of aliphatic hydroxyl groups is 1. The molecule has 2 N–H and O–H groups in total. The maximum absolute atomic E-state index is 12.7. The summed E-state index contributed by atoms with van der Waals surface area (Å²) in [6.45, 7) is 1.99. The lowest BCUT2D eigenvalue weighted by Crippen LogP contribution is -2.47. The lowest BCUT2D eigenvalue weighted by molar-refractivity contribution is -0.0300. The van der Waals surface area contributed by atoms with Crippen LogP contribution in [-0.2, 0) is 0 Å². The molecule has 1 aliphatic rings. The predicted molar refractivity (Wildman–Crippen MR) is 85.4 cm³/mol. The molecule has 1 aliphatic carbocycles. The van der Waals surface area contributed by atoms with E-state index >= 15 is 0 Å². The summed E-state index contributed by atoms with van der Waals surface area (Å²) in [5.74, 6) is 0.249. The van der Waals surface area contributed by atoms with Crippen LogP contribution in [0, 0.1) is 6.92 Å². The summed E-state index contributed by atoms with van der Waals surface area (Å²) in [7, 11) is 0. The van der Waals surface area contributed by atoms with E-state index in [4.69, 9.17) is 8.94 Å². The van der Waals surface area contributed by atoms with Crippen LogP contribution in [0.4, 0.5) is 0 Å². The molecule has 1 saturated carbocycles. The summed E-state index contributed by atoms with van der Waals surface area (Å²) in [4.78, 5) is 17.0. The molecule has 24 heavy (non-hydrogen) atoms. The SMILES string of the molecule is Cc1noc2nc(-c3ccco3)cc(C(=O)NCC3(O)CCC3)c12. The molecule has 0 bridgehead atoms. The Morgan fingerprint density at radius 2 is 2.29 bits per heavy atom. The van der Waals surface area contributed by atoms with E-state index < -0.39 is 5.60 Å². The van der Waals surface area contributed by atoms with Crippen molar-refractivity contribution in [1.82, 2.24) is 15.5 Å². The molecule has 0 aromatic carbocycles. The van der Waals surface area contributed by atoms with Gasteiger partial charge in [0, 0.05) is 6.54 Å². The molecule has 0 radical (unpaired) electrons. The largest absolute Gasteiger partial charge is 0.463 e. The highest BCUT2D eigenvalue weighted by molar-refractivity contribution is 6.06. The average molecular weight is 327 g/mol. The van der Waals surface area contributed by atoms with Gasteiger partial charge < -0.3 is 19.4 Å². The van der Waals surface area contributed by atoms with Gasteiger partial charge in [-0.2, -0.15) is 0 Å². The number of pyridine rings is 1. The maximum Gasteiger partial charge on any atom is 0.259 e. The second-order valence-electron chi connectivity index (χ2n) is 6.24. The van der Waals surface area contributed by atoms with Gasteiger partial charge in [0.25, 0.3) is 11.6 Å². The van der Waals surface area contributed by atoms with Crippen LogP contribution in [-0.4, -0.2) is 33.3 Å². The highest BCUT2D eigenvalue weighted by Gasteiger charge is 2.34. The van der Waals surface area contributed by atoms with E-state index in [2.05, 4.69) is 15.5 Å². The van der Waals surface area contributed by atoms with E-state index in [9.17, 15) is 9.90 Å². The van der Waals surface area contributed by atoms with Crippen molar-refractivity contribution in [2.75, 3.05) is 6.54 Å². The van der Waals surface area contributed by atoms with Gasteiger partial charge in [0.1, 0.15) is 5.69 Å². The molecule has 0 aliphatic heterocycles. The molecule has 0 saturated heterocycles. The number of carbonyl (C=O) groups excluding carboxylic acids is 1. The smallest absolute Gasteiger partial charge is 0.259 e. The highest BCUT2D eigenvalue weighted by atomic mass is 16.5. The second-order valence-corrected chi connectivity index (χ2v) is 6.24. The fourth-order valence-electron chi connectivity index (χ4n) is 2.93. The Hall–Kier alpha value is -2.67. The minimum absolute atomic E-state index is 0.232. The number of nitrogens with zero attached hydrogens (tertiary/aromatic N) is 2. The fourth-order valence-corrected chi connectivity index (χ4v) is 2.93. The summed E-state index contributed by atoms with van der Waals surface area (Å²) in [6.07, 6.45) is 3.95. The van der Waals surface area contributed by atoms with Gasteiger partial charge in [-0.1, -0.05) is 5.16 Å². The third-order valence-corrected chi connectivity index (χ3v) is 4.50. The Bertz CT molecular complexity index is 894. The minimum Gasteiger partial charge on any atom is -0.463 e. The standard InChI is InChI=1S/C17H17N3O4/c1-10-14-11(15(21)18-9-17(22)5-3-6-17)8-12(13-4-2-7-23-13)19-16(14)24-20-10/h2,4,7-8,22H,3,5-6,9H2,1H3,(H,18,21). The van der Waals surface area contributed by atoms with Crippen LogP contribution < -0.4 is 5.32 Å². The lowest BCUT2D eigenvalue weighted by atomic mass is 9.80. The van der Waals surface area contributed by atoms with E-state index in [1.165, 1.54) is 0 Å². The average Bonchev–Trinajstić information content (AvgIpc) is 3.20. The van der Waals surface area contributed by atoms with E-state index in [0.29, 0.717) is 40.9 Å². The zero-order valence-corrected chi connectivity index (χ0v) is 13.2. The van der Waals surface area contributed by atoms with Crippen LogP contribution in [0.2, 0.25) is 0 Å².